The molecule has 1 atom stereocenters. The fourth-order valence-corrected chi connectivity index (χ4v) is 2.38. The van der Waals surface area contributed by atoms with Gasteiger partial charge in [0.15, 0.2) is 0 Å². The molecule has 0 aliphatic rings. The van der Waals surface area contributed by atoms with Gasteiger partial charge in [-0.3, -0.25) is 0 Å². The Morgan fingerprint density at radius 3 is 2.55 bits per heavy atom. The number of rotatable bonds is 4. The summed E-state index contributed by atoms with van der Waals surface area (Å²) in [5.74, 6) is 1.76. The molecule has 0 aliphatic heterocycles. The summed E-state index contributed by atoms with van der Waals surface area (Å²) in [6.45, 7) is 6.20. The lowest BCUT2D eigenvalue weighted by Gasteiger charge is -2.16. The summed E-state index contributed by atoms with van der Waals surface area (Å²) in [5, 5.41) is 0. The molecule has 106 valence electrons. The number of benzene rings is 1. The van der Waals surface area contributed by atoms with Crippen LogP contribution in [0.3, 0.4) is 0 Å². The second-order valence-electron chi connectivity index (χ2n) is 5.13. The Hall–Kier alpha value is -1.39. The van der Waals surface area contributed by atoms with Crippen LogP contribution in [0.2, 0.25) is 0 Å². The monoisotopic (exact) mass is 334 g/mol. The minimum atomic E-state index is -0.114. The molecule has 2 aromatic rings. The zero-order chi connectivity index (χ0) is 14.7. The summed E-state index contributed by atoms with van der Waals surface area (Å²) < 4.78 is 7.05. The third kappa shape index (κ3) is 3.38. The average molecular weight is 335 g/mol. The molecule has 2 rings (SSSR count). The molecule has 1 unspecified atom stereocenters. The summed E-state index contributed by atoms with van der Waals surface area (Å²) >= 11 is 3.50. The van der Waals surface area contributed by atoms with Gasteiger partial charge >= 0.3 is 0 Å². The van der Waals surface area contributed by atoms with Crippen molar-refractivity contribution in [2.75, 3.05) is 0 Å². The van der Waals surface area contributed by atoms with Crippen LogP contribution in [-0.4, -0.2) is 4.98 Å². The maximum absolute atomic E-state index is 6.01. The predicted octanol–water partition coefficient (Wildman–Crippen LogP) is 4.78. The normalized spacial score (nSPS) is 12.5. The van der Waals surface area contributed by atoms with E-state index in [9.17, 15) is 0 Å². The van der Waals surface area contributed by atoms with Gasteiger partial charge in [-0.15, -0.1) is 0 Å². The van der Waals surface area contributed by atoms with Gasteiger partial charge in [-0.05, 0) is 42.7 Å². The Bertz CT molecular complexity index is 597. The fraction of sp³-hybridized carbons (Fsp3) is 0.312. The fourth-order valence-electron chi connectivity index (χ4n) is 2.00. The van der Waals surface area contributed by atoms with E-state index in [1.54, 1.807) is 6.20 Å². The maximum atomic E-state index is 6.01. The first-order valence-electron chi connectivity index (χ1n) is 6.67. The standard InChI is InChI=1S/C16H19BrN2O/c1-10(2)14-9-12(17)6-7-15(14)20-16-13(11(3)18)5-4-8-19-16/h4-11H,18H2,1-3H3. The molecule has 0 radical (unpaired) electrons. The van der Waals surface area contributed by atoms with Gasteiger partial charge in [0.25, 0.3) is 0 Å². The van der Waals surface area contributed by atoms with E-state index in [-0.39, 0.29) is 6.04 Å². The van der Waals surface area contributed by atoms with Crippen LogP contribution < -0.4 is 10.5 Å². The minimum absolute atomic E-state index is 0.114. The highest BCUT2D eigenvalue weighted by Crippen LogP contribution is 2.34. The van der Waals surface area contributed by atoms with Gasteiger partial charge in [0, 0.05) is 22.3 Å². The van der Waals surface area contributed by atoms with Crippen LogP contribution in [0.15, 0.2) is 41.0 Å². The third-order valence-corrected chi connectivity index (χ3v) is 3.58. The van der Waals surface area contributed by atoms with Crippen molar-refractivity contribution in [3.05, 3.63) is 52.1 Å². The van der Waals surface area contributed by atoms with Gasteiger partial charge in [0.1, 0.15) is 5.75 Å². The molecule has 0 amide bonds. The zero-order valence-corrected chi connectivity index (χ0v) is 13.5. The molecular weight excluding hydrogens is 316 g/mol. The van der Waals surface area contributed by atoms with Crippen molar-refractivity contribution in [1.29, 1.82) is 0 Å². The summed E-state index contributed by atoms with van der Waals surface area (Å²) in [4.78, 5) is 4.30. The van der Waals surface area contributed by atoms with Crippen LogP contribution in [0.4, 0.5) is 0 Å². The van der Waals surface area contributed by atoms with Gasteiger partial charge in [0.2, 0.25) is 5.88 Å². The molecule has 0 aliphatic carbocycles. The van der Waals surface area contributed by atoms with Gasteiger partial charge in [-0.2, -0.15) is 0 Å². The van der Waals surface area contributed by atoms with Crippen molar-refractivity contribution < 1.29 is 4.74 Å². The van der Waals surface area contributed by atoms with Crippen molar-refractivity contribution in [3.63, 3.8) is 0 Å². The quantitative estimate of drug-likeness (QED) is 0.875. The third-order valence-electron chi connectivity index (χ3n) is 3.09. The van der Waals surface area contributed by atoms with E-state index >= 15 is 0 Å². The number of nitrogens with zero attached hydrogens (tertiary/aromatic N) is 1. The first kappa shape index (κ1) is 15.0. The van der Waals surface area contributed by atoms with Crippen LogP contribution in [0, 0.1) is 0 Å². The van der Waals surface area contributed by atoms with E-state index in [0.717, 1.165) is 21.3 Å². The van der Waals surface area contributed by atoms with Crippen molar-refractivity contribution in [2.45, 2.75) is 32.7 Å². The Morgan fingerprint density at radius 2 is 1.90 bits per heavy atom. The largest absolute Gasteiger partial charge is 0.438 e. The van der Waals surface area contributed by atoms with Crippen molar-refractivity contribution in [2.24, 2.45) is 5.73 Å². The highest BCUT2D eigenvalue weighted by molar-refractivity contribution is 9.10. The van der Waals surface area contributed by atoms with Gasteiger partial charge in [0.05, 0.1) is 0 Å². The number of hydrogen-bond donors (Lipinski definition) is 1. The second-order valence-corrected chi connectivity index (χ2v) is 6.04. The van der Waals surface area contributed by atoms with Crippen molar-refractivity contribution >= 4 is 15.9 Å². The molecule has 0 bridgehead atoms. The van der Waals surface area contributed by atoms with Gasteiger partial charge in [-0.1, -0.05) is 35.8 Å². The topological polar surface area (TPSA) is 48.1 Å². The first-order valence-corrected chi connectivity index (χ1v) is 7.46. The van der Waals surface area contributed by atoms with E-state index in [4.69, 9.17) is 10.5 Å². The van der Waals surface area contributed by atoms with E-state index in [2.05, 4.69) is 40.8 Å². The molecule has 1 aromatic carbocycles. The number of halogens is 1. The number of nitrogens with two attached hydrogens (primary N) is 1. The molecule has 4 heteroatoms. The molecule has 0 fully saturated rings. The summed E-state index contributed by atoms with van der Waals surface area (Å²) in [6.07, 6.45) is 1.72. The molecule has 0 saturated carbocycles. The Labute approximate surface area is 128 Å². The van der Waals surface area contributed by atoms with E-state index < -0.39 is 0 Å². The Kier molecular flexibility index (Phi) is 4.78. The molecule has 0 saturated heterocycles. The van der Waals surface area contributed by atoms with Crippen LogP contribution in [0.5, 0.6) is 11.6 Å². The predicted molar refractivity (Wildman–Crippen MR) is 85.1 cm³/mol. The molecule has 1 aromatic heterocycles. The van der Waals surface area contributed by atoms with Crippen LogP contribution in [0.25, 0.3) is 0 Å². The molecular formula is C16H19BrN2O. The average Bonchev–Trinajstić information content (AvgIpc) is 2.41. The van der Waals surface area contributed by atoms with E-state index in [1.165, 1.54) is 0 Å². The van der Waals surface area contributed by atoms with E-state index in [0.29, 0.717) is 11.8 Å². The SMILES string of the molecule is CC(C)c1cc(Br)ccc1Oc1ncccc1C(C)N. The highest BCUT2D eigenvalue weighted by Gasteiger charge is 2.14. The molecule has 20 heavy (non-hydrogen) atoms. The summed E-state index contributed by atoms with van der Waals surface area (Å²) in [5.41, 5.74) is 8.01. The number of pyridine rings is 1. The lowest BCUT2D eigenvalue weighted by molar-refractivity contribution is 0.444. The second kappa shape index (κ2) is 6.37. The van der Waals surface area contributed by atoms with Crippen molar-refractivity contribution in [1.82, 2.24) is 4.98 Å². The Morgan fingerprint density at radius 1 is 1.15 bits per heavy atom. The molecule has 0 spiro atoms. The van der Waals surface area contributed by atoms with Gasteiger partial charge in [-0.25, -0.2) is 4.98 Å². The zero-order valence-electron chi connectivity index (χ0n) is 11.9. The molecule has 2 N–H and O–H groups in total. The first-order chi connectivity index (χ1) is 9.49. The molecule has 1 heterocycles. The van der Waals surface area contributed by atoms with E-state index in [1.807, 2.05) is 31.2 Å². The maximum Gasteiger partial charge on any atom is 0.223 e. The number of aromatic nitrogens is 1. The lowest BCUT2D eigenvalue weighted by atomic mass is 10.0. The van der Waals surface area contributed by atoms with Crippen LogP contribution in [-0.2, 0) is 0 Å². The summed E-state index contributed by atoms with van der Waals surface area (Å²) in [6, 6.07) is 9.71. The lowest BCUT2D eigenvalue weighted by Crippen LogP contribution is -2.08. The Balaban J connectivity index is 2.40. The van der Waals surface area contributed by atoms with Crippen LogP contribution in [0.1, 0.15) is 43.9 Å². The van der Waals surface area contributed by atoms with Crippen molar-refractivity contribution in [3.8, 4) is 11.6 Å². The van der Waals surface area contributed by atoms with Gasteiger partial charge < -0.3 is 10.5 Å². The van der Waals surface area contributed by atoms with Crippen LogP contribution >= 0.6 is 15.9 Å². The highest BCUT2D eigenvalue weighted by atomic mass is 79.9. The smallest absolute Gasteiger partial charge is 0.223 e. The number of ether oxygens (including phenoxy) is 1. The molecule has 3 nitrogen and oxygen atoms in total. The summed E-state index contributed by atoms with van der Waals surface area (Å²) in [7, 11) is 0. The minimum Gasteiger partial charge on any atom is -0.438 e. The number of hydrogen-bond acceptors (Lipinski definition) is 3.